The first-order chi connectivity index (χ1) is 11.7. The summed E-state index contributed by atoms with van der Waals surface area (Å²) in [6.07, 6.45) is 0. The third kappa shape index (κ3) is 2.45. The van der Waals surface area contributed by atoms with Gasteiger partial charge in [0.05, 0.1) is 10.2 Å². The van der Waals surface area contributed by atoms with E-state index < -0.39 is 0 Å². The molecule has 2 heterocycles. The van der Waals surface area contributed by atoms with Crippen molar-refractivity contribution >= 4 is 43.4 Å². The quantitative estimate of drug-likeness (QED) is 0.609. The minimum Gasteiger partial charge on any atom is -0.296 e. The van der Waals surface area contributed by atoms with Crippen LogP contribution in [0.4, 0.5) is 5.13 Å². The number of aryl methyl sites for hydroxylation is 2. The molecular formula is C18H16N4OS. The molecule has 0 fully saturated rings. The van der Waals surface area contributed by atoms with Gasteiger partial charge in [-0.15, -0.1) is 0 Å². The fourth-order valence-corrected chi connectivity index (χ4v) is 3.81. The van der Waals surface area contributed by atoms with Crippen molar-refractivity contribution in [3.05, 3.63) is 53.9 Å². The van der Waals surface area contributed by atoms with Crippen LogP contribution in [0.15, 0.2) is 42.5 Å². The Morgan fingerprint density at radius 2 is 2.08 bits per heavy atom. The Morgan fingerprint density at radius 3 is 2.88 bits per heavy atom. The highest BCUT2D eigenvalue weighted by molar-refractivity contribution is 7.23. The van der Waals surface area contributed by atoms with E-state index in [-0.39, 0.29) is 5.91 Å². The molecule has 0 bridgehead atoms. The highest BCUT2D eigenvalue weighted by atomic mass is 32.1. The minimum absolute atomic E-state index is 0.228. The van der Waals surface area contributed by atoms with Gasteiger partial charge in [-0.05, 0) is 31.4 Å². The maximum Gasteiger partial charge on any atom is 0.277 e. The maximum atomic E-state index is 12.4. The fourth-order valence-electron chi connectivity index (χ4n) is 2.81. The van der Waals surface area contributed by atoms with Crippen LogP contribution in [0.25, 0.3) is 21.0 Å². The van der Waals surface area contributed by atoms with Crippen LogP contribution in [0, 0.1) is 6.92 Å². The average Bonchev–Trinajstić information content (AvgIpc) is 3.17. The zero-order valence-corrected chi connectivity index (χ0v) is 14.2. The third-order valence-electron chi connectivity index (χ3n) is 4.01. The second-order valence-corrected chi connectivity index (χ2v) is 6.59. The number of benzene rings is 2. The molecule has 0 spiro atoms. The summed E-state index contributed by atoms with van der Waals surface area (Å²) in [7, 11) is 0. The first-order valence-electron chi connectivity index (χ1n) is 7.80. The van der Waals surface area contributed by atoms with Crippen molar-refractivity contribution in [2.24, 2.45) is 0 Å². The maximum absolute atomic E-state index is 12.4. The number of anilines is 1. The van der Waals surface area contributed by atoms with Gasteiger partial charge in [-0.1, -0.05) is 41.7 Å². The van der Waals surface area contributed by atoms with Gasteiger partial charge < -0.3 is 0 Å². The van der Waals surface area contributed by atoms with Crippen LogP contribution in [0.3, 0.4) is 0 Å². The smallest absolute Gasteiger partial charge is 0.277 e. The van der Waals surface area contributed by atoms with E-state index in [1.54, 1.807) is 10.7 Å². The number of hydrogen-bond donors (Lipinski definition) is 1. The summed E-state index contributed by atoms with van der Waals surface area (Å²) in [5, 5.41) is 10.1. The van der Waals surface area contributed by atoms with E-state index in [4.69, 9.17) is 0 Å². The van der Waals surface area contributed by atoms with E-state index in [1.165, 1.54) is 16.7 Å². The van der Waals surface area contributed by atoms with Gasteiger partial charge in [0.15, 0.2) is 10.8 Å². The summed E-state index contributed by atoms with van der Waals surface area (Å²) in [5.41, 5.74) is 2.28. The van der Waals surface area contributed by atoms with Crippen molar-refractivity contribution in [3.63, 3.8) is 0 Å². The van der Waals surface area contributed by atoms with E-state index >= 15 is 0 Å². The Balaban J connectivity index is 1.69. The third-order valence-corrected chi connectivity index (χ3v) is 5.03. The summed E-state index contributed by atoms with van der Waals surface area (Å²) in [6.45, 7) is 4.68. The van der Waals surface area contributed by atoms with Crippen molar-refractivity contribution in [3.8, 4) is 0 Å². The molecule has 4 aromatic rings. The molecule has 120 valence electrons. The molecule has 0 atom stereocenters. The molecule has 0 saturated carbocycles. The number of fused-ring (bicyclic) bond motifs is 3. The summed E-state index contributed by atoms with van der Waals surface area (Å²) < 4.78 is 2.89. The molecule has 24 heavy (non-hydrogen) atoms. The molecule has 1 amide bonds. The van der Waals surface area contributed by atoms with Crippen LogP contribution in [0.5, 0.6) is 0 Å². The molecule has 6 heteroatoms. The fraction of sp³-hybridized carbons (Fsp3) is 0.167. The van der Waals surface area contributed by atoms with Gasteiger partial charge in [-0.25, -0.2) is 4.98 Å². The Labute approximate surface area is 142 Å². The lowest BCUT2D eigenvalue weighted by Gasteiger charge is -1.98. The summed E-state index contributed by atoms with van der Waals surface area (Å²) >= 11 is 1.49. The number of thiazole rings is 1. The molecule has 0 aliphatic rings. The molecular weight excluding hydrogens is 320 g/mol. The van der Waals surface area contributed by atoms with E-state index in [2.05, 4.69) is 33.6 Å². The van der Waals surface area contributed by atoms with Gasteiger partial charge in [0, 0.05) is 17.6 Å². The predicted octanol–water partition coefficient (Wildman–Crippen LogP) is 4.23. The standard InChI is InChI=1S/C18H16N4OS/c1-3-22-11(2)10-15(21-22)17(23)20-18-19-14-9-8-12-6-4-5-7-13(12)16(14)24-18/h4-10H,3H2,1-2H3,(H,19,20,23). The Bertz CT molecular complexity index is 1060. The largest absolute Gasteiger partial charge is 0.296 e. The van der Waals surface area contributed by atoms with Gasteiger partial charge in [0.25, 0.3) is 5.91 Å². The first kappa shape index (κ1) is 14.8. The number of carbonyl (C=O) groups is 1. The van der Waals surface area contributed by atoms with Crippen LogP contribution >= 0.6 is 11.3 Å². The average molecular weight is 336 g/mol. The second-order valence-electron chi connectivity index (χ2n) is 5.59. The molecule has 4 rings (SSSR count). The zero-order valence-electron chi connectivity index (χ0n) is 13.4. The van der Waals surface area contributed by atoms with E-state index in [0.29, 0.717) is 10.8 Å². The number of amides is 1. The number of carbonyl (C=O) groups excluding carboxylic acids is 1. The highest BCUT2D eigenvalue weighted by Gasteiger charge is 2.15. The molecule has 0 saturated heterocycles. The lowest BCUT2D eigenvalue weighted by atomic mass is 10.1. The van der Waals surface area contributed by atoms with E-state index in [9.17, 15) is 4.79 Å². The Hall–Kier alpha value is -2.73. The number of rotatable bonds is 3. The molecule has 0 radical (unpaired) electrons. The van der Waals surface area contributed by atoms with E-state index in [0.717, 1.165) is 27.8 Å². The van der Waals surface area contributed by atoms with Gasteiger partial charge in [-0.3, -0.25) is 14.8 Å². The number of hydrogen-bond acceptors (Lipinski definition) is 4. The molecule has 0 aliphatic heterocycles. The van der Waals surface area contributed by atoms with Gasteiger partial charge in [-0.2, -0.15) is 5.10 Å². The van der Waals surface area contributed by atoms with Crippen molar-refractivity contribution in [1.82, 2.24) is 14.8 Å². The lowest BCUT2D eigenvalue weighted by Crippen LogP contribution is -2.13. The second kappa shape index (κ2) is 5.72. The summed E-state index contributed by atoms with van der Waals surface area (Å²) in [4.78, 5) is 16.9. The summed E-state index contributed by atoms with van der Waals surface area (Å²) in [6, 6.07) is 14.0. The van der Waals surface area contributed by atoms with Crippen LogP contribution in [0.2, 0.25) is 0 Å². The molecule has 0 aliphatic carbocycles. The summed E-state index contributed by atoms with van der Waals surface area (Å²) in [5.74, 6) is -0.228. The monoisotopic (exact) mass is 336 g/mol. The van der Waals surface area contributed by atoms with Gasteiger partial charge in [0.1, 0.15) is 0 Å². The van der Waals surface area contributed by atoms with Crippen molar-refractivity contribution in [2.45, 2.75) is 20.4 Å². The number of nitrogens with zero attached hydrogens (tertiary/aromatic N) is 3. The SMILES string of the molecule is CCn1nc(C(=O)Nc2nc3ccc4ccccc4c3s2)cc1C. The Kier molecular flexibility index (Phi) is 3.54. The van der Waals surface area contributed by atoms with E-state index in [1.807, 2.05) is 32.0 Å². The highest BCUT2D eigenvalue weighted by Crippen LogP contribution is 2.32. The van der Waals surface area contributed by atoms with Crippen LogP contribution in [0.1, 0.15) is 23.1 Å². The molecule has 2 aromatic heterocycles. The zero-order chi connectivity index (χ0) is 16.7. The topological polar surface area (TPSA) is 59.8 Å². The molecule has 1 N–H and O–H groups in total. The number of aromatic nitrogens is 3. The molecule has 5 nitrogen and oxygen atoms in total. The molecule has 0 unspecified atom stereocenters. The minimum atomic E-state index is -0.228. The Morgan fingerprint density at radius 1 is 1.25 bits per heavy atom. The van der Waals surface area contributed by atoms with Crippen molar-refractivity contribution < 1.29 is 4.79 Å². The van der Waals surface area contributed by atoms with Crippen LogP contribution in [-0.4, -0.2) is 20.7 Å². The van der Waals surface area contributed by atoms with Gasteiger partial charge in [0.2, 0.25) is 0 Å². The molecule has 2 aromatic carbocycles. The van der Waals surface area contributed by atoms with Crippen molar-refractivity contribution in [1.29, 1.82) is 0 Å². The normalized spacial score (nSPS) is 11.2. The van der Waals surface area contributed by atoms with Crippen LogP contribution in [-0.2, 0) is 6.54 Å². The van der Waals surface area contributed by atoms with Gasteiger partial charge >= 0.3 is 0 Å². The lowest BCUT2D eigenvalue weighted by molar-refractivity contribution is 0.102. The number of nitrogens with one attached hydrogen (secondary N) is 1. The van der Waals surface area contributed by atoms with Crippen molar-refractivity contribution in [2.75, 3.05) is 5.32 Å². The predicted molar refractivity (Wildman–Crippen MR) is 97.7 cm³/mol. The van der Waals surface area contributed by atoms with Crippen LogP contribution < -0.4 is 5.32 Å². The first-order valence-corrected chi connectivity index (χ1v) is 8.61.